The van der Waals surface area contributed by atoms with E-state index in [1.165, 1.54) is 11.1 Å². The highest BCUT2D eigenvalue weighted by Gasteiger charge is 2.46. The Labute approximate surface area is 413 Å². The number of nitrogens with zero attached hydrogens (tertiary/aromatic N) is 8. The summed E-state index contributed by atoms with van der Waals surface area (Å²) in [6.07, 6.45) is 7.79. The zero-order chi connectivity index (χ0) is 48.5. The van der Waals surface area contributed by atoms with E-state index in [1.807, 2.05) is 82.7 Å². The van der Waals surface area contributed by atoms with Crippen molar-refractivity contribution in [2.75, 3.05) is 26.2 Å². The molecule has 15 heteroatoms. The first-order chi connectivity index (χ1) is 33.0. The van der Waals surface area contributed by atoms with Gasteiger partial charge in [0.25, 0.3) is 5.56 Å². The molecule has 0 unspecified atom stereocenters. The van der Waals surface area contributed by atoms with Crippen LogP contribution in [0.3, 0.4) is 0 Å². The minimum atomic E-state index is -0.804. The van der Waals surface area contributed by atoms with Crippen LogP contribution in [0.2, 0.25) is 5.02 Å². The molecule has 69 heavy (non-hydrogen) atoms. The third kappa shape index (κ3) is 8.95. The van der Waals surface area contributed by atoms with Gasteiger partial charge in [0.1, 0.15) is 17.9 Å². The molecule has 13 nitrogen and oxygen atoms in total. The van der Waals surface area contributed by atoms with Crippen molar-refractivity contribution in [2.24, 2.45) is 11.3 Å². The maximum absolute atomic E-state index is 14.6. The lowest BCUT2D eigenvalue weighted by atomic mass is 9.80. The quantitative estimate of drug-likeness (QED) is 0.137. The molecule has 2 amide bonds. The lowest BCUT2D eigenvalue weighted by Crippen LogP contribution is -2.50. The second-order valence-electron chi connectivity index (χ2n) is 21.8. The Bertz CT molecular complexity index is 2960. The van der Waals surface area contributed by atoms with Crippen LogP contribution in [-0.4, -0.2) is 94.6 Å². The van der Waals surface area contributed by atoms with Crippen LogP contribution in [0, 0.1) is 18.3 Å². The first kappa shape index (κ1) is 47.4. The summed E-state index contributed by atoms with van der Waals surface area (Å²) >= 11 is 8.15. The molecule has 1 aliphatic carbocycles. The summed E-state index contributed by atoms with van der Waals surface area (Å²) < 4.78 is 3.86. The molecule has 1 saturated carbocycles. The van der Waals surface area contributed by atoms with E-state index >= 15 is 0 Å². The number of aromatic nitrogens is 6. The highest BCUT2D eigenvalue weighted by Crippen LogP contribution is 2.45. The Balaban J connectivity index is 0.742. The maximum Gasteiger partial charge on any atom is 0.282 e. The average molecular weight is 971 g/mol. The molecular formula is C54H64ClN9O4S. The molecule has 0 radical (unpaired) electrons. The van der Waals surface area contributed by atoms with Gasteiger partial charge in [-0.3, -0.25) is 19.0 Å². The number of carbonyl (C=O) groups excluding carboxylic acids is 2. The molecule has 362 valence electrons. The van der Waals surface area contributed by atoms with E-state index in [1.54, 1.807) is 27.0 Å². The topological polar surface area (TPSA) is 151 Å². The van der Waals surface area contributed by atoms with Crippen LogP contribution in [0.4, 0.5) is 0 Å². The van der Waals surface area contributed by atoms with Gasteiger partial charge in [0.2, 0.25) is 11.8 Å². The van der Waals surface area contributed by atoms with E-state index in [9.17, 15) is 19.5 Å². The van der Waals surface area contributed by atoms with Gasteiger partial charge >= 0.3 is 0 Å². The Hall–Kier alpha value is -5.28. The van der Waals surface area contributed by atoms with Crippen molar-refractivity contribution in [3.8, 4) is 16.1 Å². The van der Waals surface area contributed by atoms with Crippen molar-refractivity contribution in [3.05, 3.63) is 122 Å². The summed E-state index contributed by atoms with van der Waals surface area (Å²) in [4.78, 5) is 55.9. The second-order valence-corrected chi connectivity index (χ2v) is 23.1. The number of hydrogen-bond acceptors (Lipinski definition) is 10. The van der Waals surface area contributed by atoms with Gasteiger partial charge in [-0.15, -0.1) is 16.4 Å². The van der Waals surface area contributed by atoms with Crippen molar-refractivity contribution < 1.29 is 14.7 Å². The molecule has 6 heterocycles. The van der Waals surface area contributed by atoms with Crippen molar-refractivity contribution in [3.63, 3.8) is 0 Å². The third-order valence-corrected chi connectivity index (χ3v) is 17.0. The molecule has 0 spiro atoms. The standard InChI is InChI=1S/C54H64ClN9O4S/c1-31(34-15-17-37(18-16-34)47-32(2)56-30-69-47)57-49(66)45-26-39(65)28-62(45)51(68)48(53(3,4)5)63-29-42(59-60-63)36-13-11-33(12-14-36)27-61-23-21-35(22-24-61)38-19-20-40-44(25-38)64-43-10-8-9-41(55)46(43)50(67)58-52(64)54(40,6)7/h8-10,15-20,25,29-31,33,35-36,39,45,48,65H,11-14,21-24,26-28H2,1-7H3,(H,57,66)/t31-,33?,36?,39+,45-,48+/m0/s1. The number of halogens is 1. The fourth-order valence-electron chi connectivity index (χ4n) is 11.8. The van der Waals surface area contributed by atoms with E-state index in [4.69, 9.17) is 11.6 Å². The number of thiazole rings is 1. The SMILES string of the molecule is Cc1ncsc1-c1ccc([C@H](C)NC(=O)[C@@H]2C[C@@H](O)CN2C(=O)[C@@H](n2cc(C3CCC(CN4CCC(c5ccc6c(c5)-n5c(nc(=O)c7c(Cl)cccc75)C6(C)C)CC4)CC3)nn2)C(C)(C)C)cc1. The van der Waals surface area contributed by atoms with Gasteiger partial charge in [-0.05, 0) is 137 Å². The summed E-state index contributed by atoms with van der Waals surface area (Å²) in [5, 5.41) is 24.1. The number of β-amino-alcohol motifs (C(OH)–C–C–N with tert-alkyl or cyclic N) is 1. The second kappa shape index (κ2) is 18.5. The van der Waals surface area contributed by atoms with Crippen LogP contribution >= 0.6 is 22.9 Å². The van der Waals surface area contributed by atoms with E-state index in [0.29, 0.717) is 22.2 Å². The molecule has 4 atom stereocenters. The molecule has 3 fully saturated rings. The van der Waals surface area contributed by atoms with E-state index in [2.05, 4.69) is 67.1 Å². The van der Waals surface area contributed by atoms with Gasteiger partial charge in [0.15, 0.2) is 0 Å². The van der Waals surface area contributed by atoms with Crippen LogP contribution in [-0.2, 0) is 15.0 Å². The van der Waals surface area contributed by atoms with Crippen LogP contribution in [0.15, 0.2) is 77.2 Å². The fraction of sp³-hybridized carbons (Fsp3) is 0.500. The summed E-state index contributed by atoms with van der Waals surface area (Å²) in [7, 11) is 0. The van der Waals surface area contributed by atoms with Gasteiger partial charge < -0.3 is 20.2 Å². The smallest absolute Gasteiger partial charge is 0.282 e. The molecule has 6 aromatic rings. The number of fused-ring (bicyclic) bond motifs is 5. The van der Waals surface area contributed by atoms with Gasteiger partial charge in [-0.25, -0.2) is 9.67 Å². The lowest BCUT2D eigenvalue weighted by molar-refractivity contribution is -0.144. The van der Waals surface area contributed by atoms with E-state index in [-0.39, 0.29) is 42.3 Å². The number of aryl methyl sites for hydroxylation is 1. The summed E-state index contributed by atoms with van der Waals surface area (Å²) in [6, 6.07) is 18.8. The van der Waals surface area contributed by atoms with Crippen LogP contribution in [0.5, 0.6) is 0 Å². The van der Waals surface area contributed by atoms with Crippen molar-refractivity contribution in [1.29, 1.82) is 0 Å². The number of benzene rings is 3. The van der Waals surface area contributed by atoms with Gasteiger partial charge in [-0.1, -0.05) is 80.1 Å². The molecule has 2 N–H and O–H groups in total. The predicted octanol–water partition coefficient (Wildman–Crippen LogP) is 9.28. The third-order valence-electron chi connectivity index (χ3n) is 15.7. The minimum Gasteiger partial charge on any atom is -0.391 e. The molecule has 2 saturated heterocycles. The van der Waals surface area contributed by atoms with Crippen LogP contribution < -0.4 is 10.9 Å². The van der Waals surface area contributed by atoms with E-state index in [0.717, 1.165) is 103 Å². The zero-order valence-electron chi connectivity index (χ0n) is 40.8. The van der Waals surface area contributed by atoms with E-state index < -0.39 is 29.0 Å². The Kier molecular flexibility index (Phi) is 12.7. The van der Waals surface area contributed by atoms with Crippen LogP contribution in [0.25, 0.3) is 27.0 Å². The van der Waals surface area contributed by atoms with Crippen molar-refractivity contribution >= 4 is 45.7 Å². The molecule has 3 aromatic carbocycles. The predicted molar refractivity (Wildman–Crippen MR) is 271 cm³/mol. The average Bonchev–Trinajstić information content (AvgIpc) is 4.12. The first-order valence-electron chi connectivity index (χ1n) is 24.8. The van der Waals surface area contributed by atoms with Crippen LogP contribution in [0.1, 0.15) is 144 Å². The monoisotopic (exact) mass is 969 g/mol. The molecule has 4 aliphatic rings. The number of hydrogen-bond donors (Lipinski definition) is 2. The summed E-state index contributed by atoms with van der Waals surface area (Å²) in [5.41, 5.74) is 8.97. The molecule has 0 bridgehead atoms. The number of likely N-dealkylation sites (tertiary alicyclic amines) is 2. The lowest BCUT2D eigenvalue weighted by Gasteiger charge is -2.36. The molecule has 3 aromatic heterocycles. The Morgan fingerprint density at radius 1 is 0.986 bits per heavy atom. The Morgan fingerprint density at radius 3 is 2.42 bits per heavy atom. The minimum absolute atomic E-state index is 0.0847. The highest BCUT2D eigenvalue weighted by atomic mass is 35.5. The number of carbonyl (C=O) groups is 2. The highest BCUT2D eigenvalue weighted by molar-refractivity contribution is 7.13. The summed E-state index contributed by atoms with van der Waals surface area (Å²) in [5.74, 6) is 1.58. The largest absolute Gasteiger partial charge is 0.391 e. The summed E-state index contributed by atoms with van der Waals surface area (Å²) in [6.45, 7) is 17.6. The number of amides is 2. The molecule has 3 aliphatic heterocycles. The number of nitrogens with one attached hydrogen (secondary N) is 1. The maximum atomic E-state index is 14.6. The molecular weight excluding hydrogens is 906 g/mol. The normalized spacial score (nSPS) is 22.7. The van der Waals surface area contributed by atoms with Crippen molar-refractivity contribution in [1.82, 2.24) is 44.6 Å². The van der Waals surface area contributed by atoms with Gasteiger partial charge in [-0.2, -0.15) is 4.98 Å². The molecule has 10 rings (SSSR count). The Morgan fingerprint density at radius 2 is 1.72 bits per heavy atom. The van der Waals surface area contributed by atoms with Gasteiger partial charge in [0, 0.05) is 31.6 Å². The number of aliphatic hydroxyl groups is 1. The zero-order valence-corrected chi connectivity index (χ0v) is 42.4. The van der Waals surface area contributed by atoms with Crippen molar-refractivity contribution in [2.45, 2.75) is 135 Å². The first-order valence-corrected chi connectivity index (χ1v) is 26.0. The number of rotatable bonds is 10. The van der Waals surface area contributed by atoms with Gasteiger partial charge in [0.05, 0.1) is 60.9 Å². The number of aliphatic hydroxyl groups excluding tert-OH is 1. The fourth-order valence-corrected chi connectivity index (χ4v) is 12.9. The number of piperidine rings is 1.